The fourth-order valence-electron chi connectivity index (χ4n) is 2.75. The largest absolute Gasteiger partial charge is 0.418 e. The molecule has 3 N–H and O–H groups in total. The fourth-order valence-corrected chi connectivity index (χ4v) is 2.75. The molecule has 0 heterocycles. The van der Waals surface area contributed by atoms with Crippen molar-refractivity contribution in [2.45, 2.75) is 50.7 Å². The second-order valence-electron chi connectivity index (χ2n) is 5.88. The van der Waals surface area contributed by atoms with Crippen LogP contribution in [0.5, 0.6) is 0 Å². The summed E-state index contributed by atoms with van der Waals surface area (Å²) in [7, 11) is 0. The van der Waals surface area contributed by atoms with Gasteiger partial charge in [0.1, 0.15) is 0 Å². The monoisotopic (exact) mass is 300 g/mol. The Morgan fingerprint density at radius 3 is 2.43 bits per heavy atom. The van der Waals surface area contributed by atoms with Crippen molar-refractivity contribution in [2.24, 2.45) is 0 Å². The molecule has 2 rings (SSSR count). The summed E-state index contributed by atoms with van der Waals surface area (Å²) in [5, 5.41) is 2.86. The standard InChI is InChI=1S/C15H19F3N2O/c1-14(7-3-2-4-8-14)20-13(21)10-5-6-12(19)11(9-10)15(16,17)18/h5-6,9H,2-4,7-8,19H2,1H3,(H,20,21). The molecular formula is C15H19F3N2O. The molecule has 0 aliphatic heterocycles. The molecule has 6 heteroatoms. The van der Waals surface area contributed by atoms with Crippen molar-refractivity contribution in [3.8, 4) is 0 Å². The zero-order valence-corrected chi connectivity index (χ0v) is 11.9. The summed E-state index contributed by atoms with van der Waals surface area (Å²) >= 11 is 0. The number of anilines is 1. The van der Waals surface area contributed by atoms with E-state index in [2.05, 4.69) is 5.32 Å². The second kappa shape index (κ2) is 5.58. The van der Waals surface area contributed by atoms with Crippen molar-refractivity contribution in [2.75, 3.05) is 5.73 Å². The van der Waals surface area contributed by atoms with E-state index in [0.29, 0.717) is 0 Å². The van der Waals surface area contributed by atoms with Gasteiger partial charge in [0, 0.05) is 16.8 Å². The Labute approximate surface area is 121 Å². The molecule has 0 radical (unpaired) electrons. The van der Waals surface area contributed by atoms with Crippen molar-refractivity contribution in [3.63, 3.8) is 0 Å². The number of nitrogens with one attached hydrogen (secondary N) is 1. The topological polar surface area (TPSA) is 55.1 Å². The van der Waals surface area contributed by atoms with E-state index in [-0.39, 0.29) is 16.8 Å². The normalized spacial score (nSPS) is 18.3. The summed E-state index contributed by atoms with van der Waals surface area (Å²) in [5.41, 5.74) is 3.64. The zero-order valence-electron chi connectivity index (χ0n) is 11.9. The number of rotatable bonds is 2. The van der Waals surface area contributed by atoms with E-state index in [0.717, 1.165) is 44.2 Å². The summed E-state index contributed by atoms with van der Waals surface area (Å²) < 4.78 is 38.4. The minimum Gasteiger partial charge on any atom is -0.398 e. The smallest absolute Gasteiger partial charge is 0.398 e. The number of alkyl halides is 3. The highest BCUT2D eigenvalue weighted by atomic mass is 19.4. The summed E-state index contributed by atoms with van der Waals surface area (Å²) in [6, 6.07) is 3.27. The Bertz CT molecular complexity index is 534. The van der Waals surface area contributed by atoms with Crippen molar-refractivity contribution < 1.29 is 18.0 Å². The predicted octanol–water partition coefficient (Wildman–Crippen LogP) is 3.74. The van der Waals surface area contributed by atoms with E-state index in [9.17, 15) is 18.0 Å². The third-order valence-electron chi connectivity index (χ3n) is 3.99. The van der Waals surface area contributed by atoms with Crippen molar-refractivity contribution in [1.82, 2.24) is 5.32 Å². The third kappa shape index (κ3) is 3.68. The molecular weight excluding hydrogens is 281 g/mol. The first-order chi connectivity index (χ1) is 9.71. The SMILES string of the molecule is CC1(NC(=O)c2ccc(N)c(C(F)(F)F)c2)CCCCC1. The average molecular weight is 300 g/mol. The number of benzene rings is 1. The summed E-state index contributed by atoms with van der Waals surface area (Å²) in [6.45, 7) is 1.94. The Morgan fingerprint density at radius 2 is 1.86 bits per heavy atom. The number of amides is 1. The highest BCUT2D eigenvalue weighted by Gasteiger charge is 2.34. The summed E-state index contributed by atoms with van der Waals surface area (Å²) in [4.78, 5) is 12.2. The first-order valence-electron chi connectivity index (χ1n) is 7.00. The number of hydrogen-bond acceptors (Lipinski definition) is 2. The lowest BCUT2D eigenvalue weighted by atomic mass is 9.83. The summed E-state index contributed by atoms with van der Waals surface area (Å²) in [6.07, 6.45) is 0.305. The molecule has 1 aromatic carbocycles. The molecule has 0 spiro atoms. The molecule has 1 saturated carbocycles. The van der Waals surface area contributed by atoms with Gasteiger partial charge >= 0.3 is 6.18 Å². The maximum absolute atomic E-state index is 12.8. The van der Waals surface area contributed by atoms with Crippen LogP contribution in [-0.2, 0) is 6.18 Å². The second-order valence-corrected chi connectivity index (χ2v) is 5.88. The number of halogens is 3. The lowest BCUT2D eigenvalue weighted by Crippen LogP contribution is -2.47. The number of nitrogens with two attached hydrogens (primary N) is 1. The molecule has 1 fully saturated rings. The van der Waals surface area contributed by atoms with Gasteiger partial charge < -0.3 is 11.1 Å². The predicted molar refractivity (Wildman–Crippen MR) is 74.8 cm³/mol. The maximum atomic E-state index is 12.8. The average Bonchev–Trinajstić information content (AvgIpc) is 2.38. The number of carbonyl (C=O) groups excluding carboxylic acids is 1. The highest BCUT2D eigenvalue weighted by Crippen LogP contribution is 2.34. The van der Waals surface area contributed by atoms with Gasteiger partial charge in [0.05, 0.1) is 5.56 Å². The Balaban J connectivity index is 2.20. The van der Waals surface area contributed by atoms with Gasteiger partial charge in [-0.2, -0.15) is 13.2 Å². The number of carbonyl (C=O) groups is 1. The van der Waals surface area contributed by atoms with Crippen LogP contribution in [0.3, 0.4) is 0 Å². The Kier molecular flexibility index (Phi) is 4.16. The van der Waals surface area contributed by atoms with Gasteiger partial charge in [-0.3, -0.25) is 4.79 Å². The molecule has 21 heavy (non-hydrogen) atoms. The van der Waals surface area contributed by atoms with Gasteiger partial charge in [-0.1, -0.05) is 19.3 Å². The van der Waals surface area contributed by atoms with E-state index in [1.165, 1.54) is 6.07 Å². The molecule has 0 aromatic heterocycles. The Hall–Kier alpha value is -1.72. The first kappa shape index (κ1) is 15.7. The van der Waals surface area contributed by atoms with E-state index in [1.807, 2.05) is 6.92 Å². The van der Waals surface area contributed by atoms with Crippen molar-refractivity contribution in [1.29, 1.82) is 0 Å². The van der Waals surface area contributed by atoms with Gasteiger partial charge in [-0.05, 0) is 38.0 Å². The molecule has 1 amide bonds. The van der Waals surface area contributed by atoms with E-state index < -0.39 is 17.6 Å². The van der Waals surface area contributed by atoms with Gasteiger partial charge in [0.25, 0.3) is 5.91 Å². The number of nitrogen functional groups attached to an aromatic ring is 1. The van der Waals surface area contributed by atoms with E-state index >= 15 is 0 Å². The van der Waals surface area contributed by atoms with Crippen LogP contribution in [0.2, 0.25) is 0 Å². The van der Waals surface area contributed by atoms with Gasteiger partial charge in [-0.15, -0.1) is 0 Å². The van der Waals surface area contributed by atoms with Crippen LogP contribution in [0.1, 0.15) is 54.9 Å². The fraction of sp³-hybridized carbons (Fsp3) is 0.533. The lowest BCUT2D eigenvalue weighted by molar-refractivity contribution is -0.136. The van der Waals surface area contributed by atoms with Gasteiger partial charge in [0.15, 0.2) is 0 Å². The van der Waals surface area contributed by atoms with Crippen LogP contribution in [0.15, 0.2) is 18.2 Å². The molecule has 0 atom stereocenters. The van der Waals surface area contributed by atoms with Crippen LogP contribution in [0.4, 0.5) is 18.9 Å². The van der Waals surface area contributed by atoms with Gasteiger partial charge in [0.2, 0.25) is 0 Å². The third-order valence-corrected chi connectivity index (χ3v) is 3.99. The molecule has 3 nitrogen and oxygen atoms in total. The first-order valence-corrected chi connectivity index (χ1v) is 7.00. The van der Waals surface area contributed by atoms with E-state index in [1.54, 1.807) is 0 Å². The van der Waals surface area contributed by atoms with Crippen molar-refractivity contribution >= 4 is 11.6 Å². The molecule has 0 saturated heterocycles. The zero-order chi connectivity index (χ0) is 15.7. The van der Waals surface area contributed by atoms with Gasteiger partial charge in [-0.25, -0.2) is 0 Å². The quantitative estimate of drug-likeness (QED) is 0.817. The molecule has 1 aromatic rings. The minimum atomic E-state index is -4.56. The van der Waals surface area contributed by atoms with Crippen LogP contribution in [0, 0.1) is 0 Å². The van der Waals surface area contributed by atoms with Crippen LogP contribution in [-0.4, -0.2) is 11.4 Å². The summed E-state index contributed by atoms with van der Waals surface area (Å²) in [5.74, 6) is -0.482. The van der Waals surface area contributed by atoms with E-state index in [4.69, 9.17) is 5.73 Å². The van der Waals surface area contributed by atoms with Crippen LogP contribution >= 0.6 is 0 Å². The molecule has 0 unspecified atom stereocenters. The lowest BCUT2D eigenvalue weighted by Gasteiger charge is -2.34. The highest BCUT2D eigenvalue weighted by molar-refractivity contribution is 5.95. The van der Waals surface area contributed by atoms with Crippen molar-refractivity contribution in [3.05, 3.63) is 29.3 Å². The molecule has 1 aliphatic carbocycles. The van der Waals surface area contributed by atoms with Crippen LogP contribution < -0.4 is 11.1 Å². The number of hydrogen-bond donors (Lipinski definition) is 2. The minimum absolute atomic E-state index is 0.0108. The molecule has 0 bridgehead atoms. The Morgan fingerprint density at radius 1 is 1.24 bits per heavy atom. The van der Waals surface area contributed by atoms with Crippen LogP contribution in [0.25, 0.3) is 0 Å². The maximum Gasteiger partial charge on any atom is 0.418 e. The molecule has 1 aliphatic rings. The molecule has 116 valence electrons.